The number of esters is 1. The molecule has 144 heavy (non-hydrogen) atoms. The van der Waals surface area contributed by atoms with Crippen molar-refractivity contribution in [2.75, 3.05) is 130 Å². The molecule has 1 amide bonds. The van der Waals surface area contributed by atoms with Gasteiger partial charge in [0, 0.05) is 178 Å². The third-order valence-corrected chi connectivity index (χ3v) is 27.0. The van der Waals surface area contributed by atoms with Crippen LogP contribution in [0.15, 0.2) is 182 Å². The molecule has 0 bridgehead atoms. The van der Waals surface area contributed by atoms with Gasteiger partial charge in [-0.15, -0.1) is 0 Å². The minimum Gasteiger partial charge on any atom is -0.460 e. The topological polar surface area (TPSA) is 452 Å². The first kappa shape index (κ1) is 108. The second-order valence-corrected chi connectivity index (χ2v) is 40.6. The first-order valence-electron chi connectivity index (χ1n) is 50.1. The Morgan fingerprint density at radius 1 is 0.458 bits per heavy atom. The van der Waals surface area contributed by atoms with Crippen molar-refractivity contribution < 1.29 is 56.1 Å². The molecule has 0 radical (unpaired) electrons. The summed E-state index contributed by atoms with van der Waals surface area (Å²) in [6.45, 7) is 23.2. The lowest BCUT2D eigenvalue weighted by Gasteiger charge is -2.35. The Kier molecular flexibility index (Phi) is 40.1. The van der Waals surface area contributed by atoms with Gasteiger partial charge >= 0.3 is 5.97 Å². The minimum atomic E-state index is -3.82. The van der Waals surface area contributed by atoms with Gasteiger partial charge in [-0.25, -0.2) is 63.0 Å². The van der Waals surface area contributed by atoms with Crippen molar-refractivity contribution in [2.45, 2.75) is 206 Å². The van der Waals surface area contributed by atoms with Crippen molar-refractivity contribution in [3.63, 3.8) is 0 Å². The average molecular weight is 1980 g/mol. The summed E-state index contributed by atoms with van der Waals surface area (Å²) < 4.78 is 48.8. The number of nitrogens with two attached hydrogens (primary N) is 2. The maximum atomic E-state index is 13.3. The fourth-order valence-electron chi connectivity index (χ4n) is 16.7. The Morgan fingerprint density at radius 3 is 1.35 bits per heavy atom. The number of aromatic nitrogens is 14. The summed E-state index contributed by atoms with van der Waals surface area (Å²) in [4.78, 5) is 130. The summed E-state index contributed by atoms with van der Waals surface area (Å²) in [6, 6.07) is 41.4. The van der Waals surface area contributed by atoms with Gasteiger partial charge in [-0.2, -0.15) is 10.2 Å². The molecule has 36 heteroatoms. The number of H-pyrrole nitrogens is 2. The van der Waals surface area contributed by atoms with Crippen LogP contribution in [-0.4, -0.2) is 231 Å². The monoisotopic (exact) mass is 1980 g/mol. The van der Waals surface area contributed by atoms with Gasteiger partial charge in [-0.1, -0.05) is 86.8 Å². The van der Waals surface area contributed by atoms with Crippen LogP contribution in [0, 0.1) is 30.6 Å². The first-order valence-corrected chi connectivity index (χ1v) is 51.6. The molecule has 7 heterocycles. The molecule has 764 valence electrons. The molecule has 5 aliphatic rings. The molecule has 0 aliphatic heterocycles. The van der Waals surface area contributed by atoms with Gasteiger partial charge in [-0.05, 0) is 217 Å². The zero-order chi connectivity index (χ0) is 102. The van der Waals surface area contributed by atoms with E-state index in [1.54, 1.807) is 91.7 Å². The van der Waals surface area contributed by atoms with Crippen LogP contribution in [0.2, 0.25) is 0 Å². The number of hydrogen-bond acceptors (Lipinski definition) is 31. The van der Waals surface area contributed by atoms with Gasteiger partial charge in [-0.3, -0.25) is 39.0 Å². The van der Waals surface area contributed by atoms with Crippen molar-refractivity contribution in [2.24, 2.45) is 35.1 Å². The second kappa shape index (κ2) is 53.4. The van der Waals surface area contributed by atoms with E-state index in [9.17, 15) is 37.2 Å². The number of aryl methyl sites for hydroxylation is 1. The molecule has 0 unspecified atom stereocenters. The van der Waals surface area contributed by atoms with E-state index in [0.717, 1.165) is 161 Å². The smallest absolute Gasteiger partial charge is 0.307 e. The lowest BCUT2D eigenvalue weighted by molar-refractivity contribution is -0.154. The van der Waals surface area contributed by atoms with Crippen LogP contribution in [0.1, 0.15) is 229 Å². The van der Waals surface area contributed by atoms with E-state index in [2.05, 4.69) is 126 Å². The summed E-state index contributed by atoms with van der Waals surface area (Å²) >= 11 is 0. The summed E-state index contributed by atoms with van der Waals surface area (Å²) in [5, 5.41) is 18.6. The first-order chi connectivity index (χ1) is 69.6. The van der Waals surface area contributed by atoms with Crippen LogP contribution in [0.25, 0.3) is 21.8 Å². The summed E-state index contributed by atoms with van der Waals surface area (Å²) in [5.41, 5.74) is 21.7. The van der Waals surface area contributed by atoms with Crippen molar-refractivity contribution >= 4 is 102 Å². The number of carbonyl (C=O) groups excluding carboxylic acids is 6. The third kappa shape index (κ3) is 34.0. The number of sulfonamides is 1. The predicted octanol–water partition coefficient (Wildman–Crippen LogP) is 15.1. The number of amides is 1. The zero-order valence-corrected chi connectivity index (χ0v) is 85.4. The number of carbonyl (C=O) groups is 6. The molecule has 17 rings (SSSR count). The van der Waals surface area contributed by atoms with Crippen LogP contribution >= 0.6 is 0 Å². The van der Waals surface area contributed by atoms with Gasteiger partial charge in [0.1, 0.15) is 94.8 Å². The number of anilines is 6. The fourth-order valence-corrected chi connectivity index (χ4v) is 17.8. The number of hydrogen-bond donors (Lipinski definition) is 6. The molecule has 35 nitrogen and oxygen atoms in total. The Bertz CT molecular complexity index is 6320. The zero-order valence-electron chi connectivity index (χ0n) is 84.6. The van der Waals surface area contributed by atoms with Gasteiger partial charge in [0.05, 0.1) is 54.6 Å². The summed E-state index contributed by atoms with van der Waals surface area (Å²) in [6.07, 6.45) is 29.1. The highest BCUT2D eigenvalue weighted by molar-refractivity contribution is 7.89. The minimum absolute atomic E-state index is 0.00716. The lowest BCUT2D eigenvalue weighted by Crippen LogP contribution is -2.39. The Balaban J connectivity index is 0.000000153. The highest BCUT2D eigenvalue weighted by atomic mass is 32.2. The highest BCUT2D eigenvalue weighted by Gasteiger charge is 2.33. The van der Waals surface area contributed by atoms with Crippen LogP contribution < -0.4 is 46.0 Å². The normalized spacial score (nSPS) is 14.0. The quantitative estimate of drug-likeness (QED) is 0.0152. The van der Waals surface area contributed by atoms with Crippen LogP contribution in [-0.2, 0) is 72.5 Å². The average Bonchev–Trinajstić information content (AvgIpc) is 1.60. The largest absolute Gasteiger partial charge is 0.460 e. The van der Waals surface area contributed by atoms with Crippen molar-refractivity contribution in [1.29, 1.82) is 0 Å². The second-order valence-electron chi connectivity index (χ2n) is 38.8. The van der Waals surface area contributed by atoms with Gasteiger partial charge in [0.15, 0.2) is 23.1 Å². The molecular weight excluding hydrogens is 1840 g/mol. The number of ether oxygens (including phenoxy) is 4. The molecule has 5 aromatic carbocycles. The molecule has 5 saturated carbocycles. The van der Waals surface area contributed by atoms with E-state index >= 15 is 0 Å². The molecule has 7 aromatic heterocycles. The number of aromatic amines is 2. The van der Waals surface area contributed by atoms with Crippen LogP contribution in [0.3, 0.4) is 0 Å². The number of fused-ring (bicyclic) bond motifs is 2. The van der Waals surface area contributed by atoms with E-state index in [1.165, 1.54) is 108 Å². The van der Waals surface area contributed by atoms with Crippen molar-refractivity contribution in [3.8, 4) is 0 Å². The molecule has 0 atom stereocenters. The Hall–Kier alpha value is -13.2. The number of methoxy groups -OCH3 is 3. The molecule has 12 aromatic rings. The number of nitrogens with one attached hydrogen (secondary N) is 4. The number of ketones is 4. The van der Waals surface area contributed by atoms with E-state index in [-0.39, 0.29) is 65.8 Å². The van der Waals surface area contributed by atoms with Gasteiger partial charge < -0.3 is 60.2 Å². The Morgan fingerprint density at radius 2 is 0.875 bits per heavy atom. The standard InChI is InChI=1S/C30H42N4O5S.C20H26N4O2.C20H26N4O.C19H22N6O2.C19H23N5O2/c1-21-16-25(40(37,38)33-15-14-29(36)39-30(2,3)4)13-12-23(21)17-27(35)26-18-28(32-20-31-26)34(19-22-10-11-22)24-8-6-5-7-9-24;1-26-9-8-24(13-17-6-7-17)20-11-18(22-14-23-20)19(25)10-15-2-4-16(12-21)5-3-15;1-2-9-24(13-17-7-8-17)20-11-18(22-14-23-20)19(25)10-15-3-5-16(12-21)6-4-15;1-27-7-6-25(11-13-2-3-13)18-9-17(20-12-21-18)19(26)23-15-4-5-16-14(8-15)10-22-24-16;1-13(2)24(6-7-26-3)19-10-17(20-12-21-19)18(25)9-14-4-5-16-15(8-14)11-22-23-16/h12-13,16,18,20,22,24,33H,5-11,14-15,17,19H2,1-4H3;2-5,11,14,17H,6-10,12-13,21H2,1H3;3-6,11,14,17H,2,7-10,12-13,21H2,1H3;4-5,8-10,12-13H,2-3,6-7,11H2,1H3,(H,22,24)(H,23,26);4-5,8,10-13H,6-7,9H2,1-3H3,(H,22,23). The molecule has 0 saturated heterocycles. The molecule has 5 aliphatic carbocycles. The lowest BCUT2D eigenvalue weighted by atomic mass is 9.94. The maximum absolute atomic E-state index is 13.3. The SMILES string of the molecule is CCCN(CC1CC1)c1cc(C(=O)Cc2ccc(CN)cc2)ncn1.COCCN(CC1CC1)c1cc(C(=O)Cc2ccc(CN)cc2)ncn1.COCCN(CC1CC1)c1cc(C(=O)Nc2ccc3[nH]ncc3c2)ncn1.COCCN(c1cc(C(=O)Cc2ccc3[nH]ncc3c2)ncn1)C(C)C.Cc1cc(S(=O)(=O)NCCC(=O)OC(C)(C)C)ccc1CC(=O)c1cc(N(CC2CC2)C2CCCCC2)ncn1. The maximum Gasteiger partial charge on any atom is 0.307 e. The third-order valence-electron chi connectivity index (χ3n) is 25.5. The van der Waals surface area contributed by atoms with Crippen molar-refractivity contribution in [1.82, 2.24) is 75.0 Å². The molecule has 0 spiro atoms. The molecule has 8 N–H and O–H groups in total. The summed E-state index contributed by atoms with van der Waals surface area (Å²) in [7, 11) is 1.23. The number of rotatable bonds is 47. The van der Waals surface area contributed by atoms with E-state index < -0.39 is 21.6 Å². The Labute approximate surface area is 843 Å². The van der Waals surface area contributed by atoms with Gasteiger partial charge in [0.2, 0.25) is 10.0 Å². The number of benzene rings is 5. The number of Topliss-reactive ketones (excluding diaryl/α,β-unsaturated/α-hetero) is 4. The number of nitrogens with zero attached hydrogens (tertiary/aromatic N) is 17. The fraction of sp³-hybridized carbons (Fsp3) is 0.463. The van der Waals surface area contributed by atoms with Crippen molar-refractivity contribution in [3.05, 3.63) is 245 Å². The van der Waals surface area contributed by atoms with Crippen LogP contribution in [0.5, 0.6) is 0 Å². The van der Waals surface area contributed by atoms with E-state index in [1.807, 2.05) is 97.1 Å². The molecule has 5 fully saturated rings. The molecular formula is C108H139N23O12S. The summed E-state index contributed by atoms with van der Waals surface area (Å²) in [5.74, 6) is 6.01. The van der Waals surface area contributed by atoms with E-state index in [0.29, 0.717) is 110 Å². The van der Waals surface area contributed by atoms with Crippen LogP contribution in [0.4, 0.5) is 34.8 Å². The van der Waals surface area contributed by atoms with Gasteiger partial charge in [0.25, 0.3) is 5.91 Å². The highest BCUT2D eigenvalue weighted by Crippen LogP contribution is 2.37. The predicted molar refractivity (Wildman–Crippen MR) is 558 cm³/mol. The van der Waals surface area contributed by atoms with E-state index in [4.69, 9.17) is 30.4 Å².